The van der Waals surface area contributed by atoms with Gasteiger partial charge in [-0.05, 0) is 19.3 Å². The Balaban J connectivity index is 1.50. The maximum atomic E-state index is 11.8. The summed E-state index contributed by atoms with van der Waals surface area (Å²) in [5, 5.41) is 2.85. The highest BCUT2D eigenvalue weighted by Gasteiger charge is 2.26. The van der Waals surface area contributed by atoms with Crippen LogP contribution in [0.3, 0.4) is 0 Å². The van der Waals surface area contributed by atoms with E-state index in [1.807, 2.05) is 0 Å². The molecule has 2 fully saturated rings. The number of amides is 3. The van der Waals surface area contributed by atoms with Crippen molar-refractivity contribution in [3.05, 3.63) is 0 Å². The first-order chi connectivity index (χ1) is 10.2. The molecule has 120 valence electrons. The number of hydrogen-bond donors (Lipinski definition) is 1. The molecule has 3 amide bonds. The first kappa shape index (κ1) is 16.1. The van der Waals surface area contributed by atoms with Crippen molar-refractivity contribution < 1.29 is 14.3 Å². The van der Waals surface area contributed by atoms with Gasteiger partial charge in [0.1, 0.15) is 6.54 Å². The van der Waals surface area contributed by atoms with Crippen molar-refractivity contribution in [1.82, 2.24) is 15.1 Å². The fourth-order valence-corrected chi connectivity index (χ4v) is 2.86. The van der Waals surface area contributed by atoms with E-state index in [4.69, 9.17) is 4.74 Å². The van der Waals surface area contributed by atoms with Crippen LogP contribution in [0.5, 0.6) is 0 Å². The largest absolute Gasteiger partial charge is 0.378 e. The first-order valence-corrected chi connectivity index (χ1v) is 8.05. The van der Waals surface area contributed by atoms with E-state index >= 15 is 0 Å². The monoisotopic (exact) mass is 297 g/mol. The second-order valence-electron chi connectivity index (χ2n) is 5.96. The molecular weight excluding hydrogens is 270 g/mol. The summed E-state index contributed by atoms with van der Waals surface area (Å²) in [6.45, 7) is 2.81. The molecule has 0 aromatic heterocycles. The van der Waals surface area contributed by atoms with Crippen LogP contribution in [-0.2, 0) is 9.53 Å². The van der Waals surface area contributed by atoms with Gasteiger partial charge in [0, 0.05) is 33.3 Å². The van der Waals surface area contributed by atoms with Crippen LogP contribution in [0, 0.1) is 0 Å². The van der Waals surface area contributed by atoms with Gasteiger partial charge in [-0.2, -0.15) is 0 Å². The second-order valence-corrected chi connectivity index (χ2v) is 5.96. The molecule has 1 N–H and O–H groups in total. The summed E-state index contributed by atoms with van der Waals surface area (Å²) < 4.78 is 5.81. The fraction of sp³-hybridized carbons (Fsp3) is 0.867. The molecule has 21 heavy (non-hydrogen) atoms. The smallest absolute Gasteiger partial charge is 0.320 e. The molecule has 1 saturated heterocycles. The molecule has 0 aromatic rings. The summed E-state index contributed by atoms with van der Waals surface area (Å²) in [6.07, 6.45) is 7.50. The van der Waals surface area contributed by atoms with Gasteiger partial charge in [-0.3, -0.25) is 4.79 Å². The number of nitrogens with one attached hydrogen (secondary N) is 1. The number of ether oxygens (including phenoxy) is 1. The Hall–Kier alpha value is -1.30. The van der Waals surface area contributed by atoms with Gasteiger partial charge in [0.2, 0.25) is 5.91 Å². The maximum Gasteiger partial charge on any atom is 0.320 e. The lowest BCUT2D eigenvalue weighted by Crippen LogP contribution is -2.39. The van der Waals surface area contributed by atoms with E-state index in [1.165, 1.54) is 32.1 Å². The van der Waals surface area contributed by atoms with Crippen molar-refractivity contribution in [2.24, 2.45) is 0 Å². The molecule has 1 aliphatic carbocycles. The van der Waals surface area contributed by atoms with Crippen molar-refractivity contribution in [3.8, 4) is 0 Å². The van der Waals surface area contributed by atoms with Crippen LogP contribution in [0.25, 0.3) is 0 Å². The predicted molar refractivity (Wildman–Crippen MR) is 80.1 cm³/mol. The molecule has 0 spiro atoms. The number of likely N-dealkylation sites (N-methyl/N-ethyl adjacent to an activating group) is 1. The highest BCUT2D eigenvalue weighted by molar-refractivity contribution is 5.84. The Morgan fingerprint density at radius 1 is 1.29 bits per heavy atom. The van der Waals surface area contributed by atoms with Crippen LogP contribution >= 0.6 is 0 Å². The first-order valence-electron chi connectivity index (χ1n) is 8.05. The molecule has 1 saturated carbocycles. The van der Waals surface area contributed by atoms with Gasteiger partial charge >= 0.3 is 6.03 Å². The zero-order chi connectivity index (χ0) is 15.1. The van der Waals surface area contributed by atoms with Gasteiger partial charge in [0.05, 0.1) is 6.10 Å². The lowest BCUT2D eigenvalue weighted by Gasteiger charge is -2.22. The Kier molecular flexibility index (Phi) is 6.29. The molecule has 1 aliphatic heterocycles. The van der Waals surface area contributed by atoms with Crippen LogP contribution in [0.15, 0.2) is 0 Å². The summed E-state index contributed by atoms with van der Waals surface area (Å²) in [4.78, 5) is 26.6. The van der Waals surface area contributed by atoms with E-state index in [2.05, 4.69) is 5.32 Å². The second kappa shape index (κ2) is 8.22. The Bertz CT molecular complexity index is 356. The molecule has 0 bridgehead atoms. The molecule has 0 radical (unpaired) electrons. The molecule has 0 unspecified atom stereocenters. The van der Waals surface area contributed by atoms with Crippen LogP contribution in [0.1, 0.15) is 38.5 Å². The Morgan fingerprint density at radius 3 is 2.71 bits per heavy atom. The van der Waals surface area contributed by atoms with E-state index in [0.717, 1.165) is 6.42 Å². The molecule has 2 aliphatic rings. The Labute approximate surface area is 126 Å². The Morgan fingerprint density at radius 2 is 2.05 bits per heavy atom. The molecule has 0 aromatic carbocycles. The summed E-state index contributed by atoms with van der Waals surface area (Å²) >= 11 is 0. The number of carbonyl (C=O) groups is 2. The predicted octanol–water partition coefficient (Wildman–Crippen LogP) is 1.21. The number of rotatable bonds is 7. The summed E-state index contributed by atoms with van der Waals surface area (Å²) in [6, 6.07) is -0.0641. The molecule has 1 heterocycles. The average Bonchev–Trinajstić information content (AvgIpc) is 2.80. The third-order valence-corrected chi connectivity index (χ3v) is 4.19. The quantitative estimate of drug-likeness (QED) is 0.719. The van der Waals surface area contributed by atoms with E-state index in [-0.39, 0.29) is 18.5 Å². The summed E-state index contributed by atoms with van der Waals surface area (Å²) in [5.74, 6) is -0.0867. The van der Waals surface area contributed by atoms with Crippen molar-refractivity contribution in [1.29, 1.82) is 0 Å². The molecule has 6 heteroatoms. The standard InChI is InChI=1S/C15H27N3O3/c1-17-9-10-18(15(17)20)12-14(19)16-8-5-11-21-13-6-3-2-4-7-13/h13H,2-12H2,1H3,(H,16,19). The van der Waals surface area contributed by atoms with Crippen molar-refractivity contribution >= 4 is 11.9 Å². The van der Waals surface area contributed by atoms with E-state index in [0.29, 0.717) is 32.3 Å². The van der Waals surface area contributed by atoms with Gasteiger partial charge in [0.15, 0.2) is 0 Å². The molecule has 2 rings (SSSR count). The van der Waals surface area contributed by atoms with Gasteiger partial charge in [-0.25, -0.2) is 4.79 Å². The van der Waals surface area contributed by atoms with E-state index in [1.54, 1.807) is 16.8 Å². The number of urea groups is 1. The van der Waals surface area contributed by atoms with Crippen LogP contribution < -0.4 is 5.32 Å². The van der Waals surface area contributed by atoms with Crippen LogP contribution in [-0.4, -0.2) is 67.7 Å². The van der Waals surface area contributed by atoms with E-state index in [9.17, 15) is 9.59 Å². The molecule has 0 atom stereocenters. The van der Waals surface area contributed by atoms with Crippen LogP contribution in [0.2, 0.25) is 0 Å². The lowest BCUT2D eigenvalue weighted by atomic mass is 9.98. The van der Waals surface area contributed by atoms with Gasteiger partial charge in [-0.15, -0.1) is 0 Å². The summed E-state index contributed by atoms with van der Waals surface area (Å²) in [5.41, 5.74) is 0. The van der Waals surface area contributed by atoms with Crippen molar-refractivity contribution in [3.63, 3.8) is 0 Å². The highest BCUT2D eigenvalue weighted by Crippen LogP contribution is 2.20. The number of carbonyl (C=O) groups excluding carboxylic acids is 2. The van der Waals surface area contributed by atoms with Gasteiger partial charge < -0.3 is 19.9 Å². The normalized spacial score (nSPS) is 20.1. The topological polar surface area (TPSA) is 61.9 Å². The average molecular weight is 297 g/mol. The number of nitrogens with zero attached hydrogens (tertiary/aromatic N) is 2. The zero-order valence-corrected chi connectivity index (χ0v) is 13.0. The van der Waals surface area contributed by atoms with Gasteiger partial charge in [-0.1, -0.05) is 19.3 Å². The number of hydrogen-bond acceptors (Lipinski definition) is 3. The van der Waals surface area contributed by atoms with E-state index < -0.39 is 0 Å². The summed E-state index contributed by atoms with van der Waals surface area (Å²) in [7, 11) is 1.75. The third-order valence-electron chi connectivity index (χ3n) is 4.19. The van der Waals surface area contributed by atoms with Crippen LogP contribution in [0.4, 0.5) is 4.79 Å². The minimum absolute atomic E-state index is 0.0641. The molecular formula is C15H27N3O3. The van der Waals surface area contributed by atoms with Gasteiger partial charge in [0.25, 0.3) is 0 Å². The highest BCUT2D eigenvalue weighted by atomic mass is 16.5. The lowest BCUT2D eigenvalue weighted by molar-refractivity contribution is -0.121. The minimum Gasteiger partial charge on any atom is -0.378 e. The zero-order valence-electron chi connectivity index (χ0n) is 13.0. The minimum atomic E-state index is -0.0867. The van der Waals surface area contributed by atoms with Crippen molar-refractivity contribution in [2.45, 2.75) is 44.6 Å². The fourth-order valence-electron chi connectivity index (χ4n) is 2.86. The third kappa shape index (κ3) is 5.19. The molecule has 6 nitrogen and oxygen atoms in total. The maximum absolute atomic E-state index is 11.8. The van der Waals surface area contributed by atoms with Crippen molar-refractivity contribution in [2.75, 3.05) is 39.8 Å². The SMILES string of the molecule is CN1CCN(CC(=O)NCCCOC2CCCCC2)C1=O.